The van der Waals surface area contributed by atoms with E-state index in [2.05, 4.69) is 70.7 Å². The van der Waals surface area contributed by atoms with Crippen LogP contribution in [0.2, 0.25) is 0 Å². The van der Waals surface area contributed by atoms with E-state index in [9.17, 15) is 4.57 Å². The number of allylic oxidation sites excluding steroid dienone is 1. The zero-order valence-electron chi connectivity index (χ0n) is 20.8. The maximum atomic E-state index is 14.5. The number of hydrogen-bond acceptors (Lipinski definition) is 2. The molecule has 0 N–H and O–H groups in total. The van der Waals surface area contributed by atoms with Crippen molar-refractivity contribution in [1.82, 2.24) is 0 Å². The summed E-state index contributed by atoms with van der Waals surface area (Å²) in [4.78, 5) is 0. The third kappa shape index (κ3) is 7.38. The SMILES string of the molecule is C=CCCCP(=O)(Oc1ccc(CCC)cc1CCC)c1ccc(CCC)cc1CCC. The second-order valence-electron chi connectivity index (χ2n) is 8.82. The molecule has 2 nitrogen and oxygen atoms in total. The Bertz CT molecular complexity index is 900. The largest absolute Gasteiger partial charge is 0.440 e. The zero-order valence-corrected chi connectivity index (χ0v) is 21.7. The van der Waals surface area contributed by atoms with Crippen molar-refractivity contribution in [3.05, 3.63) is 71.3 Å². The highest BCUT2D eigenvalue weighted by Gasteiger charge is 2.30. The molecule has 2 aromatic carbocycles. The fraction of sp³-hybridized carbons (Fsp3) is 0.517. The standard InChI is InChI=1S/C29H43O2P/c1-6-11-12-21-32(30,29-20-18-25(14-8-3)23-27(29)16-10-5)31-28-19-17-24(13-7-2)22-26(28)15-9-4/h6,17-20,22-23H,1,7-16,21H2,2-5H3. The van der Waals surface area contributed by atoms with Crippen LogP contribution in [0, 0.1) is 0 Å². The van der Waals surface area contributed by atoms with Crippen molar-refractivity contribution < 1.29 is 9.09 Å². The Kier molecular flexibility index (Phi) is 11.3. The molecule has 3 heteroatoms. The summed E-state index contributed by atoms with van der Waals surface area (Å²) in [6, 6.07) is 13.0. The van der Waals surface area contributed by atoms with Crippen LogP contribution in [0.3, 0.4) is 0 Å². The van der Waals surface area contributed by atoms with E-state index < -0.39 is 7.37 Å². The van der Waals surface area contributed by atoms with Crippen molar-refractivity contribution in [1.29, 1.82) is 0 Å². The van der Waals surface area contributed by atoms with Gasteiger partial charge in [-0.05, 0) is 72.9 Å². The van der Waals surface area contributed by atoms with Crippen LogP contribution < -0.4 is 9.83 Å². The monoisotopic (exact) mass is 454 g/mol. The lowest BCUT2D eigenvalue weighted by Crippen LogP contribution is -2.18. The Morgan fingerprint density at radius 1 is 0.812 bits per heavy atom. The van der Waals surface area contributed by atoms with Gasteiger partial charge >= 0.3 is 0 Å². The fourth-order valence-electron chi connectivity index (χ4n) is 4.33. The average Bonchev–Trinajstić information content (AvgIpc) is 2.77. The third-order valence-corrected chi connectivity index (χ3v) is 8.43. The van der Waals surface area contributed by atoms with Gasteiger partial charge in [0.15, 0.2) is 0 Å². The fourth-order valence-corrected chi connectivity index (χ4v) is 6.77. The van der Waals surface area contributed by atoms with E-state index in [4.69, 9.17) is 4.52 Å². The summed E-state index contributed by atoms with van der Waals surface area (Å²) >= 11 is 0. The van der Waals surface area contributed by atoms with Crippen molar-refractivity contribution >= 4 is 12.7 Å². The molecule has 0 bridgehead atoms. The van der Waals surface area contributed by atoms with Crippen molar-refractivity contribution in [2.24, 2.45) is 0 Å². The Hall–Kier alpha value is -1.79. The minimum atomic E-state index is -3.06. The first-order valence-corrected chi connectivity index (χ1v) is 14.5. The van der Waals surface area contributed by atoms with E-state index in [-0.39, 0.29) is 0 Å². The Labute approximate surface area is 196 Å². The maximum Gasteiger partial charge on any atom is 0.277 e. The second kappa shape index (κ2) is 13.7. The van der Waals surface area contributed by atoms with Gasteiger partial charge in [-0.3, -0.25) is 4.57 Å². The Morgan fingerprint density at radius 2 is 1.38 bits per heavy atom. The lowest BCUT2D eigenvalue weighted by atomic mass is 10.0. The smallest absolute Gasteiger partial charge is 0.277 e. The number of unbranched alkanes of at least 4 members (excludes halogenated alkanes) is 1. The molecule has 0 radical (unpaired) electrons. The topological polar surface area (TPSA) is 26.3 Å². The normalized spacial score (nSPS) is 13.0. The molecule has 0 saturated heterocycles. The molecule has 2 aromatic rings. The van der Waals surface area contributed by atoms with Crippen LogP contribution >= 0.6 is 7.37 Å². The molecular weight excluding hydrogens is 411 g/mol. The lowest BCUT2D eigenvalue weighted by molar-refractivity contribution is 0.486. The van der Waals surface area contributed by atoms with Gasteiger partial charge in [-0.15, -0.1) is 6.58 Å². The van der Waals surface area contributed by atoms with Crippen LogP contribution in [0.5, 0.6) is 5.75 Å². The molecule has 1 unspecified atom stereocenters. The first kappa shape index (κ1) is 26.5. The molecule has 0 saturated carbocycles. The average molecular weight is 455 g/mol. The van der Waals surface area contributed by atoms with E-state index >= 15 is 0 Å². The minimum absolute atomic E-state index is 0.547. The van der Waals surface area contributed by atoms with Crippen LogP contribution in [0.25, 0.3) is 0 Å². The molecule has 2 rings (SSSR count). The van der Waals surface area contributed by atoms with Crippen molar-refractivity contribution in [2.75, 3.05) is 6.16 Å². The first-order valence-electron chi connectivity index (χ1n) is 12.6. The third-order valence-electron chi connectivity index (χ3n) is 5.86. The van der Waals surface area contributed by atoms with Crippen LogP contribution in [0.4, 0.5) is 0 Å². The lowest BCUT2D eigenvalue weighted by Gasteiger charge is -2.25. The van der Waals surface area contributed by atoms with E-state index in [1.165, 1.54) is 22.3 Å². The van der Waals surface area contributed by atoms with Crippen LogP contribution in [-0.2, 0) is 30.2 Å². The molecule has 0 aliphatic carbocycles. The number of rotatable bonds is 15. The van der Waals surface area contributed by atoms with Crippen molar-refractivity contribution in [2.45, 2.75) is 91.9 Å². The van der Waals surface area contributed by atoms with Crippen LogP contribution in [-0.4, -0.2) is 6.16 Å². The van der Waals surface area contributed by atoms with Gasteiger partial charge in [-0.25, -0.2) is 0 Å². The van der Waals surface area contributed by atoms with E-state index in [1.807, 2.05) is 6.08 Å². The number of benzene rings is 2. The summed E-state index contributed by atoms with van der Waals surface area (Å²) in [5, 5.41) is 0.920. The molecule has 0 aliphatic rings. The minimum Gasteiger partial charge on any atom is -0.440 e. The molecule has 0 spiro atoms. The maximum absolute atomic E-state index is 14.5. The summed E-state index contributed by atoms with van der Waals surface area (Å²) in [7, 11) is -3.06. The molecule has 0 amide bonds. The van der Waals surface area contributed by atoms with E-state index in [0.717, 1.165) is 75.3 Å². The predicted molar refractivity (Wildman–Crippen MR) is 141 cm³/mol. The molecule has 0 heterocycles. The van der Waals surface area contributed by atoms with Gasteiger partial charge in [0.1, 0.15) is 5.75 Å². The Balaban J connectivity index is 2.51. The Morgan fingerprint density at radius 3 is 1.97 bits per heavy atom. The molecule has 32 heavy (non-hydrogen) atoms. The van der Waals surface area contributed by atoms with Gasteiger partial charge in [0.25, 0.3) is 7.37 Å². The summed E-state index contributed by atoms with van der Waals surface area (Å²) < 4.78 is 21.1. The molecule has 0 aliphatic heterocycles. The molecule has 0 fully saturated rings. The molecule has 0 aromatic heterocycles. The number of aryl methyl sites for hydroxylation is 4. The molecule has 176 valence electrons. The zero-order chi connectivity index (χ0) is 23.4. The first-order chi connectivity index (χ1) is 15.5. The van der Waals surface area contributed by atoms with Gasteiger partial charge in [-0.2, -0.15) is 0 Å². The second-order valence-corrected chi connectivity index (χ2v) is 11.3. The van der Waals surface area contributed by atoms with E-state index in [0.29, 0.717) is 6.16 Å². The quantitative estimate of drug-likeness (QED) is 0.153. The number of hydrogen-bond donors (Lipinski definition) is 0. The molecule has 1 atom stereocenters. The summed E-state index contributed by atoms with van der Waals surface area (Å²) in [5.74, 6) is 0.800. The highest BCUT2D eigenvalue weighted by atomic mass is 31.2. The predicted octanol–water partition coefficient (Wildman–Crippen LogP) is 8.45. The van der Waals surface area contributed by atoms with Crippen molar-refractivity contribution in [3.8, 4) is 5.75 Å². The summed E-state index contributed by atoms with van der Waals surface area (Å²) in [6.07, 6.45) is 12.4. The van der Waals surface area contributed by atoms with Crippen LogP contribution in [0.1, 0.15) is 88.5 Å². The highest BCUT2D eigenvalue weighted by molar-refractivity contribution is 7.67. The van der Waals surface area contributed by atoms with Gasteiger partial charge in [0.2, 0.25) is 0 Å². The van der Waals surface area contributed by atoms with Crippen LogP contribution in [0.15, 0.2) is 49.1 Å². The summed E-state index contributed by atoms with van der Waals surface area (Å²) in [6.45, 7) is 12.6. The van der Waals surface area contributed by atoms with E-state index in [1.54, 1.807) is 0 Å². The van der Waals surface area contributed by atoms with Gasteiger partial charge in [0.05, 0.1) is 5.30 Å². The highest BCUT2D eigenvalue weighted by Crippen LogP contribution is 2.49. The molecular formula is C29H43O2P. The van der Waals surface area contributed by atoms with Gasteiger partial charge in [0, 0.05) is 6.16 Å². The van der Waals surface area contributed by atoms with Crippen molar-refractivity contribution in [3.63, 3.8) is 0 Å². The summed E-state index contributed by atoms with van der Waals surface area (Å²) in [5.41, 5.74) is 5.04. The van der Waals surface area contributed by atoms with Gasteiger partial charge < -0.3 is 4.52 Å². The van der Waals surface area contributed by atoms with Gasteiger partial charge in [-0.1, -0.05) is 83.7 Å².